The molecular weight excluding hydrogens is 429 g/mol. The predicted octanol–water partition coefficient (Wildman–Crippen LogP) is 3.55. The van der Waals surface area contributed by atoms with E-state index < -0.39 is 22.9 Å². The highest BCUT2D eigenvalue weighted by Crippen LogP contribution is 2.40. The van der Waals surface area contributed by atoms with Gasteiger partial charge in [0.2, 0.25) is 11.8 Å². The van der Waals surface area contributed by atoms with Gasteiger partial charge in [-0.3, -0.25) is 14.4 Å². The van der Waals surface area contributed by atoms with Gasteiger partial charge in [-0.25, -0.2) is 4.39 Å². The standard InChI is InChI=1S/C21H19ClFN3O3S/c22-14-11-13(7-8-15(14)23)24-18(27)12-26-16-5-1-2-6-17(16)30-19(21(26)29)20(28)25-9-3-4-10-25/h1-2,5-8,11,19H,3-4,9-10,12H2,(H,24,27). The number of hydrogen-bond donors (Lipinski definition) is 1. The Labute approximate surface area is 182 Å². The lowest BCUT2D eigenvalue weighted by molar-refractivity contribution is -0.134. The molecule has 1 unspecified atom stereocenters. The number of para-hydroxylation sites is 1. The molecule has 9 heteroatoms. The van der Waals surface area contributed by atoms with Gasteiger partial charge in [0.1, 0.15) is 12.4 Å². The van der Waals surface area contributed by atoms with Crippen LogP contribution in [0.4, 0.5) is 15.8 Å². The number of nitrogens with zero attached hydrogens (tertiary/aromatic N) is 2. The maximum absolute atomic E-state index is 13.3. The molecule has 0 bridgehead atoms. The highest BCUT2D eigenvalue weighted by Gasteiger charge is 2.41. The lowest BCUT2D eigenvalue weighted by Gasteiger charge is -2.34. The highest BCUT2D eigenvalue weighted by atomic mass is 35.5. The molecule has 2 aromatic rings. The van der Waals surface area contributed by atoms with Gasteiger partial charge in [-0.05, 0) is 43.2 Å². The van der Waals surface area contributed by atoms with E-state index in [1.807, 2.05) is 12.1 Å². The first-order chi connectivity index (χ1) is 14.4. The van der Waals surface area contributed by atoms with E-state index in [9.17, 15) is 18.8 Å². The number of thioether (sulfide) groups is 1. The first-order valence-corrected chi connectivity index (χ1v) is 10.8. The molecule has 6 nitrogen and oxygen atoms in total. The molecule has 30 heavy (non-hydrogen) atoms. The number of carbonyl (C=O) groups is 3. The van der Waals surface area contributed by atoms with Crippen molar-refractivity contribution in [2.75, 3.05) is 29.9 Å². The second-order valence-electron chi connectivity index (χ2n) is 7.10. The van der Waals surface area contributed by atoms with Crippen molar-refractivity contribution in [1.82, 2.24) is 4.90 Å². The Morgan fingerprint density at radius 2 is 1.90 bits per heavy atom. The fraction of sp³-hybridized carbons (Fsp3) is 0.286. The van der Waals surface area contributed by atoms with Crippen molar-refractivity contribution in [2.24, 2.45) is 0 Å². The molecule has 2 aliphatic rings. The zero-order valence-corrected chi connectivity index (χ0v) is 17.5. The molecule has 0 saturated carbocycles. The number of benzene rings is 2. The minimum Gasteiger partial charge on any atom is -0.341 e. The number of anilines is 2. The molecule has 0 aliphatic carbocycles. The Morgan fingerprint density at radius 1 is 1.17 bits per heavy atom. The van der Waals surface area contributed by atoms with Crippen LogP contribution in [0.2, 0.25) is 5.02 Å². The van der Waals surface area contributed by atoms with Crippen LogP contribution in [-0.2, 0) is 14.4 Å². The highest BCUT2D eigenvalue weighted by molar-refractivity contribution is 8.01. The van der Waals surface area contributed by atoms with Crippen molar-refractivity contribution >= 4 is 52.5 Å². The van der Waals surface area contributed by atoms with Crippen molar-refractivity contribution in [3.63, 3.8) is 0 Å². The molecule has 2 aromatic carbocycles. The van der Waals surface area contributed by atoms with Crippen molar-refractivity contribution in [3.8, 4) is 0 Å². The molecular formula is C21H19ClFN3O3S. The maximum Gasteiger partial charge on any atom is 0.250 e. The van der Waals surface area contributed by atoms with Crippen LogP contribution in [0.25, 0.3) is 0 Å². The first kappa shape index (κ1) is 20.7. The number of nitrogens with one attached hydrogen (secondary N) is 1. The number of hydrogen-bond acceptors (Lipinski definition) is 4. The fourth-order valence-electron chi connectivity index (χ4n) is 3.56. The van der Waals surface area contributed by atoms with Gasteiger partial charge in [0, 0.05) is 23.7 Å². The Morgan fingerprint density at radius 3 is 2.63 bits per heavy atom. The van der Waals surface area contributed by atoms with Crippen LogP contribution in [0, 0.1) is 5.82 Å². The van der Waals surface area contributed by atoms with Gasteiger partial charge in [0.15, 0.2) is 5.25 Å². The SMILES string of the molecule is O=C(CN1C(=O)C(C(=O)N2CCCC2)Sc2ccccc21)Nc1ccc(F)c(Cl)c1. The van der Waals surface area contributed by atoms with E-state index in [4.69, 9.17) is 11.6 Å². The predicted molar refractivity (Wildman–Crippen MR) is 114 cm³/mol. The fourth-order valence-corrected chi connectivity index (χ4v) is 4.93. The molecule has 3 amide bonds. The summed E-state index contributed by atoms with van der Waals surface area (Å²) in [6.45, 7) is 1.03. The molecule has 0 aromatic heterocycles. The first-order valence-electron chi connectivity index (χ1n) is 9.55. The topological polar surface area (TPSA) is 69.7 Å². The molecule has 2 aliphatic heterocycles. The number of rotatable bonds is 4. The van der Waals surface area contributed by atoms with Crippen LogP contribution in [-0.4, -0.2) is 47.5 Å². The van der Waals surface area contributed by atoms with E-state index in [-0.39, 0.29) is 17.5 Å². The van der Waals surface area contributed by atoms with Crippen LogP contribution in [0.1, 0.15) is 12.8 Å². The summed E-state index contributed by atoms with van der Waals surface area (Å²) in [6.07, 6.45) is 1.86. The second-order valence-corrected chi connectivity index (χ2v) is 8.65. The van der Waals surface area contributed by atoms with E-state index in [2.05, 4.69) is 5.32 Å². The Balaban J connectivity index is 1.55. The van der Waals surface area contributed by atoms with Crippen LogP contribution in [0.5, 0.6) is 0 Å². The second kappa shape index (κ2) is 8.65. The van der Waals surface area contributed by atoms with Gasteiger partial charge in [-0.1, -0.05) is 23.7 Å². The van der Waals surface area contributed by atoms with E-state index in [1.54, 1.807) is 17.0 Å². The minimum atomic E-state index is -0.911. The summed E-state index contributed by atoms with van der Waals surface area (Å²) in [5, 5.41) is 1.60. The van der Waals surface area contributed by atoms with Crippen molar-refractivity contribution in [2.45, 2.75) is 23.0 Å². The summed E-state index contributed by atoms with van der Waals surface area (Å²) < 4.78 is 13.3. The lowest BCUT2D eigenvalue weighted by atomic mass is 10.2. The third-order valence-corrected chi connectivity index (χ3v) is 6.57. The van der Waals surface area contributed by atoms with Gasteiger partial charge in [0.05, 0.1) is 10.7 Å². The van der Waals surface area contributed by atoms with Gasteiger partial charge >= 0.3 is 0 Å². The molecule has 1 fully saturated rings. The summed E-state index contributed by atoms with van der Waals surface area (Å²) in [7, 11) is 0. The van der Waals surface area contributed by atoms with E-state index in [0.29, 0.717) is 24.5 Å². The third-order valence-electron chi connectivity index (χ3n) is 5.04. The third kappa shape index (κ3) is 4.15. The summed E-state index contributed by atoms with van der Waals surface area (Å²) in [5.74, 6) is -1.69. The van der Waals surface area contributed by atoms with Crippen molar-refractivity contribution in [1.29, 1.82) is 0 Å². The monoisotopic (exact) mass is 447 g/mol. The maximum atomic E-state index is 13.3. The summed E-state index contributed by atoms with van der Waals surface area (Å²) in [5.41, 5.74) is 0.911. The van der Waals surface area contributed by atoms with Crippen LogP contribution in [0.3, 0.4) is 0 Å². The van der Waals surface area contributed by atoms with Crippen LogP contribution >= 0.6 is 23.4 Å². The van der Waals surface area contributed by atoms with Crippen LogP contribution < -0.4 is 10.2 Å². The quantitative estimate of drug-likeness (QED) is 0.728. The average Bonchev–Trinajstić information content (AvgIpc) is 3.27. The Hall–Kier alpha value is -2.58. The molecule has 4 rings (SSSR count). The van der Waals surface area contributed by atoms with Gasteiger partial charge < -0.3 is 15.1 Å². The zero-order chi connectivity index (χ0) is 21.3. The number of halogens is 2. The normalized spacial score (nSPS) is 18.3. The number of amides is 3. The molecule has 0 spiro atoms. The number of fused-ring (bicyclic) bond motifs is 1. The molecule has 1 atom stereocenters. The summed E-state index contributed by atoms with van der Waals surface area (Å²) >= 11 is 6.98. The minimum absolute atomic E-state index is 0.111. The van der Waals surface area contributed by atoms with Crippen molar-refractivity contribution in [3.05, 3.63) is 53.3 Å². The van der Waals surface area contributed by atoms with Gasteiger partial charge in [0.25, 0.3) is 5.91 Å². The van der Waals surface area contributed by atoms with E-state index >= 15 is 0 Å². The lowest BCUT2D eigenvalue weighted by Crippen LogP contribution is -2.51. The molecule has 1 saturated heterocycles. The van der Waals surface area contributed by atoms with Crippen molar-refractivity contribution < 1.29 is 18.8 Å². The number of likely N-dealkylation sites (tertiary alicyclic amines) is 1. The Kier molecular flexibility index (Phi) is 5.97. The molecule has 2 heterocycles. The van der Waals surface area contributed by atoms with Crippen LogP contribution in [0.15, 0.2) is 47.4 Å². The Bertz CT molecular complexity index is 1010. The summed E-state index contributed by atoms with van der Waals surface area (Å²) in [4.78, 5) is 42.5. The van der Waals surface area contributed by atoms with E-state index in [0.717, 1.165) is 23.8 Å². The zero-order valence-electron chi connectivity index (χ0n) is 15.9. The largest absolute Gasteiger partial charge is 0.341 e. The molecule has 156 valence electrons. The van der Waals surface area contributed by atoms with Gasteiger partial charge in [-0.2, -0.15) is 0 Å². The summed E-state index contributed by atoms with van der Waals surface area (Å²) in [6, 6.07) is 11.0. The number of carbonyl (C=O) groups excluding carboxylic acids is 3. The molecule has 0 radical (unpaired) electrons. The van der Waals surface area contributed by atoms with Gasteiger partial charge in [-0.15, -0.1) is 11.8 Å². The average molecular weight is 448 g/mol. The van der Waals surface area contributed by atoms with E-state index in [1.165, 1.54) is 28.8 Å². The smallest absolute Gasteiger partial charge is 0.250 e. The molecule has 1 N–H and O–H groups in total.